The highest BCUT2D eigenvalue weighted by molar-refractivity contribution is 5.68. The SMILES string of the molecule is CCn1cncc1-c1nc(C2CC2)n(CC)c1N. The van der Waals surface area contributed by atoms with Crippen LogP contribution in [-0.2, 0) is 13.1 Å². The van der Waals surface area contributed by atoms with Crippen molar-refractivity contribution in [1.29, 1.82) is 0 Å². The lowest BCUT2D eigenvalue weighted by Crippen LogP contribution is -2.04. The fourth-order valence-electron chi connectivity index (χ4n) is 2.43. The Hall–Kier alpha value is -1.78. The molecule has 0 unspecified atom stereocenters. The van der Waals surface area contributed by atoms with Crippen LogP contribution in [0.25, 0.3) is 11.4 Å². The van der Waals surface area contributed by atoms with Crippen LogP contribution in [0.4, 0.5) is 5.82 Å². The van der Waals surface area contributed by atoms with Crippen molar-refractivity contribution in [3.63, 3.8) is 0 Å². The van der Waals surface area contributed by atoms with E-state index >= 15 is 0 Å². The van der Waals surface area contributed by atoms with Crippen molar-refractivity contribution in [2.45, 2.75) is 45.7 Å². The van der Waals surface area contributed by atoms with Crippen LogP contribution in [0.2, 0.25) is 0 Å². The quantitative estimate of drug-likeness (QED) is 0.898. The van der Waals surface area contributed by atoms with Gasteiger partial charge in [-0.05, 0) is 26.7 Å². The predicted octanol–water partition coefficient (Wildman–Crippen LogP) is 2.25. The number of imidazole rings is 2. The molecule has 0 radical (unpaired) electrons. The molecule has 1 fully saturated rings. The number of anilines is 1. The Morgan fingerprint density at radius 1 is 1.33 bits per heavy atom. The molecule has 5 nitrogen and oxygen atoms in total. The molecular formula is C13H19N5. The smallest absolute Gasteiger partial charge is 0.133 e. The average molecular weight is 245 g/mol. The molecule has 2 heterocycles. The van der Waals surface area contributed by atoms with Gasteiger partial charge in [0.1, 0.15) is 17.3 Å². The van der Waals surface area contributed by atoms with Gasteiger partial charge in [0.25, 0.3) is 0 Å². The monoisotopic (exact) mass is 245 g/mol. The number of hydrogen-bond acceptors (Lipinski definition) is 3. The molecule has 2 N–H and O–H groups in total. The van der Waals surface area contributed by atoms with Gasteiger partial charge in [-0.1, -0.05) is 0 Å². The Bertz CT molecular complexity index is 562. The molecule has 0 amide bonds. The first-order valence-electron chi connectivity index (χ1n) is 6.62. The van der Waals surface area contributed by atoms with Crippen LogP contribution in [0.15, 0.2) is 12.5 Å². The maximum Gasteiger partial charge on any atom is 0.133 e. The molecular weight excluding hydrogens is 226 g/mol. The lowest BCUT2D eigenvalue weighted by molar-refractivity contribution is 0.708. The van der Waals surface area contributed by atoms with Crippen molar-refractivity contribution in [3.05, 3.63) is 18.3 Å². The summed E-state index contributed by atoms with van der Waals surface area (Å²) in [6, 6.07) is 0. The second kappa shape index (κ2) is 4.15. The maximum absolute atomic E-state index is 6.25. The molecule has 2 aromatic rings. The maximum atomic E-state index is 6.25. The second-order valence-electron chi connectivity index (χ2n) is 4.79. The van der Waals surface area contributed by atoms with Crippen LogP contribution >= 0.6 is 0 Å². The van der Waals surface area contributed by atoms with E-state index in [0.29, 0.717) is 5.92 Å². The largest absolute Gasteiger partial charge is 0.383 e. The number of aryl methyl sites for hydroxylation is 1. The normalized spacial score (nSPS) is 15.2. The summed E-state index contributed by atoms with van der Waals surface area (Å²) in [6.07, 6.45) is 6.15. The third-order valence-corrected chi connectivity index (χ3v) is 3.59. The molecule has 0 bridgehead atoms. The Morgan fingerprint density at radius 3 is 2.72 bits per heavy atom. The van der Waals surface area contributed by atoms with Crippen LogP contribution < -0.4 is 5.73 Å². The Morgan fingerprint density at radius 2 is 2.11 bits per heavy atom. The van der Waals surface area contributed by atoms with Crippen LogP contribution in [0.5, 0.6) is 0 Å². The standard InChI is InChI=1S/C13H19N5/c1-3-17-8-15-7-10(17)11-12(14)18(4-2)13(16-11)9-5-6-9/h7-9H,3-6,14H2,1-2H3. The first kappa shape index (κ1) is 11.3. The van der Waals surface area contributed by atoms with Gasteiger partial charge in [-0.15, -0.1) is 0 Å². The summed E-state index contributed by atoms with van der Waals surface area (Å²) in [7, 11) is 0. The minimum absolute atomic E-state index is 0.610. The van der Waals surface area contributed by atoms with Crippen molar-refractivity contribution >= 4 is 5.82 Å². The van der Waals surface area contributed by atoms with Crippen LogP contribution in [0, 0.1) is 0 Å². The van der Waals surface area contributed by atoms with E-state index in [2.05, 4.69) is 28.0 Å². The number of nitrogen functional groups attached to an aromatic ring is 1. The van der Waals surface area contributed by atoms with Gasteiger partial charge in [-0.2, -0.15) is 0 Å². The fraction of sp³-hybridized carbons (Fsp3) is 0.538. The zero-order valence-electron chi connectivity index (χ0n) is 10.9. The predicted molar refractivity (Wildman–Crippen MR) is 71.2 cm³/mol. The van der Waals surface area contributed by atoms with Crippen molar-refractivity contribution < 1.29 is 0 Å². The third-order valence-electron chi connectivity index (χ3n) is 3.59. The van der Waals surface area contributed by atoms with Crippen molar-refractivity contribution in [3.8, 4) is 11.4 Å². The van der Waals surface area contributed by atoms with E-state index in [1.807, 2.05) is 12.5 Å². The van der Waals surface area contributed by atoms with E-state index < -0.39 is 0 Å². The Balaban J connectivity index is 2.12. The van der Waals surface area contributed by atoms with Crippen molar-refractivity contribution in [2.24, 2.45) is 0 Å². The van der Waals surface area contributed by atoms with Crippen molar-refractivity contribution in [2.75, 3.05) is 5.73 Å². The molecule has 5 heteroatoms. The van der Waals surface area contributed by atoms with Gasteiger partial charge in [0.2, 0.25) is 0 Å². The van der Waals surface area contributed by atoms with Gasteiger partial charge in [0.05, 0.1) is 18.2 Å². The van der Waals surface area contributed by atoms with E-state index in [1.54, 1.807) is 0 Å². The van der Waals surface area contributed by atoms with Gasteiger partial charge in [-0.25, -0.2) is 9.97 Å². The molecule has 1 aliphatic carbocycles. The second-order valence-corrected chi connectivity index (χ2v) is 4.79. The molecule has 0 atom stereocenters. The molecule has 0 spiro atoms. The summed E-state index contributed by atoms with van der Waals surface area (Å²) in [5.74, 6) is 2.53. The summed E-state index contributed by atoms with van der Waals surface area (Å²) in [6.45, 7) is 5.97. The first-order valence-corrected chi connectivity index (χ1v) is 6.62. The van der Waals surface area contributed by atoms with Crippen LogP contribution in [-0.4, -0.2) is 19.1 Å². The molecule has 0 aromatic carbocycles. The Kier molecular flexibility index (Phi) is 2.61. The highest BCUT2D eigenvalue weighted by Gasteiger charge is 2.31. The van der Waals surface area contributed by atoms with Crippen molar-refractivity contribution in [1.82, 2.24) is 19.1 Å². The minimum atomic E-state index is 0.610. The molecule has 3 rings (SSSR count). The van der Waals surface area contributed by atoms with Gasteiger partial charge in [0, 0.05) is 19.0 Å². The van der Waals surface area contributed by atoms with Crippen LogP contribution in [0.1, 0.15) is 38.4 Å². The minimum Gasteiger partial charge on any atom is -0.383 e. The van der Waals surface area contributed by atoms with E-state index in [4.69, 9.17) is 10.7 Å². The summed E-state index contributed by atoms with van der Waals surface area (Å²) >= 11 is 0. The number of nitrogens with zero attached hydrogens (tertiary/aromatic N) is 4. The number of aromatic nitrogens is 4. The number of rotatable bonds is 4. The van der Waals surface area contributed by atoms with Gasteiger partial charge in [-0.3, -0.25) is 0 Å². The Labute approximate surface area is 107 Å². The summed E-state index contributed by atoms with van der Waals surface area (Å²) < 4.78 is 4.22. The van der Waals surface area contributed by atoms with E-state index in [0.717, 1.165) is 36.1 Å². The number of hydrogen-bond donors (Lipinski definition) is 1. The summed E-state index contributed by atoms with van der Waals surface area (Å²) in [5, 5.41) is 0. The highest BCUT2D eigenvalue weighted by atomic mass is 15.2. The van der Waals surface area contributed by atoms with E-state index in [9.17, 15) is 0 Å². The topological polar surface area (TPSA) is 61.7 Å². The highest BCUT2D eigenvalue weighted by Crippen LogP contribution is 2.42. The first-order chi connectivity index (χ1) is 8.76. The lowest BCUT2D eigenvalue weighted by Gasteiger charge is -2.06. The summed E-state index contributed by atoms with van der Waals surface area (Å²) in [4.78, 5) is 8.96. The molecule has 96 valence electrons. The molecule has 1 saturated carbocycles. The van der Waals surface area contributed by atoms with E-state index in [-0.39, 0.29) is 0 Å². The zero-order valence-corrected chi connectivity index (χ0v) is 10.9. The summed E-state index contributed by atoms with van der Waals surface area (Å²) in [5.41, 5.74) is 8.16. The third kappa shape index (κ3) is 1.62. The molecule has 18 heavy (non-hydrogen) atoms. The number of nitrogens with two attached hydrogens (primary N) is 1. The van der Waals surface area contributed by atoms with E-state index in [1.165, 1.54) is 12.8 Å². The molecule has 0 saturated heterocycles. The molecule has 0 aliphatic heterocycles. The average Bonchev–Trinajstić information content (AvgIpc) is 3.02. The van der Waals surface area contributed by atoms with Gasteiger partial charge >= 0.3 is 0 Å². The van der Waals surface area contributed by atoms with Gasteiger partial charge in [0.15, 0.2) is 0 Å². The van der Waals surface area contributed by atoms with Gasteiger partial charge < -0.3 is 14.9 Å². The zero-order chi connectivity index (χ0) is 12.7. The molecule has 1 aliphatic rings. The fourth-order valence-corrected chi connectivity index (χ4v) is 2.43. The van der Waals surface area contributed by atoms with Crippen LogP contribution in [0.3, 0.4) is 0 Å². The molecule has 2 aromatic heterocycles. The lowest BCUT2D eigenvalue weighted by atomic mass is 10.3.